The van der Waals surface area contributed by atoms with E-state index in [-0.39, 0.29) is 0 Å². The summed E-state index contributed by atoms with van der Waals surface area (Å²) in [6.45, 7) is 9.71. The molecule has 0 aliphatic rings. The van der Waals surface area contributed by atoms with Crippen molar-refractivity contribution in [3.05, 3.63) is 66.9 Å². The fourth-order valence-electron chi connectivity index (χ4n) is 1.75. The topological polar surface area (TPSA) is 61.9 Å². The van der Waals surface area contributed by atoms with Crippen LogP contribution < -0.4 is 11.1 Å². The van der Waals surface area contributed by atoms with Crippen LogP contribution in [0, 0.1) is 5.41 Å². The van der Waals surface area contributed by atoms with Crippen molar-refractivity contribution in [2.45, 2.75) is 13.3 Å². The average Bonchev–Trinajstić information content (AvgIpc) is 2.46. The van der Waals surface area contributed by atoms with Crippen LogP contribution in [0.5, 0.6) is 0 Å². The molecular weight excluding hydrogens is 246 g/mol. The summed E-state index contributed by atoms with van der Waals surface area (Å²) < 4.78 is 0. The fourth-order valence-corrected chi connectivity index (χ4v) is 1.75. The minimum atomic E-state index is 0.579. The van der Waals surface area contributed by atoms with Crippen LogP contribution in [-0.2, 0) is 0 Å². The Bertz CT molecular complexity index is 566. The highest BCUT2D eigenvalue weighted by Gasteiger charge is 2.08. The maximum atomic E-state index is 7.38. The van der Waals surface area contributed by atoms with Gasteiger partial charge in [-0.3, -0.25) is 0 Å². The molecule has 0 saturated heterocycles. The molecule has 0 aliphatic heterocycles. The lowest BCUT2D eigenvalue weighted by Crippen LogP contribution is -2.00. The Balaban J connectivity index is 3.20. The maximum absolute atomic E-state index is 7.38. The van der Waals surface area contributed by atoms with E-state index in [1.807, 2.05) is 31.2 Å². The van der Waals surface area contributed by atoms with Crippen LogP contribution in [0.2, 0.25) is 0 Å². The highest BCUT2D eigenvalue weighted by molar-refractivity contribution is 5.91. The monoisotopic (exact) mass is 267 g/mol. The van der Waals surface area contributed by atoms with Crippen LogP contribution in [0.3, 0.4) is 0 Å². The summed E-state index contributed by atoms with van der Waals surface area (Å²) in [6.07, 6.45) is 11.3. The maximum Gasteiger partial charge on any atom is 0.0464 e. The lowest BCUT2D eigenvalue weighted by molar-refractivity contribution is 1.37. The Labute approximate surface area is 120 Å². The minimum absolute atomic E-state index is 0.579. The van der Waals surface area contributed by atoms with Gasteiger partial charge in [-0.2, -0.15) is 0 Å². The number of benzene rings is 1. The van der Waals surface area contributed by atoms with Gasteiger partial charge in [0.2, 0.25) is 0 Å². The smallest absolute Gasteiger partial charge is 0.0464 e. The first-order valence-corrected chi connectivity index (χ1v) is 6.41. The van der Waals surface area contributed by atoms with Gasteiger partial charge >= 0.3 is 0 Å². The Kier molecular flexibility index (Phi) is 6.04. The van der Waals surface area contributed by atoms with Gasteiger partial charge < -0.3 is 16.5 Å². The molecule has 0 aliphatic carbocycles. The van der Waals surface area contributed by atoms with E-state index in [4.69, 9.17) is 11.1 Å². The van der Waals surface area contributed by atoms with E-state index in [9.17, 15) is 0 Å². The first-order chi connectivity index (χ1) is 9.63. The predicted molar refractivity (Wildman–Crippen MR) is 90.2 cm³/mol. The molecule has 0 heterocycles. The molecule has 0 radical (unpaired) electrons. The highest BCUT2D eigenvalue weighted by atomic mass is 14.8. The molecule has 104 valence electrons. The van der Waals surface area contributed by atoms with Crippen molar-refractivity contribution < 1.29 is 0 Å². The largest absolute Gasteiger partial charge is 0.398 e. The second kappa shape index (κ2) is 7.79. The number of nitrogens with one attached hydrogen (secondary N) is 2. The van der Waals surface area contributed by atoms with E-state index in [1.54, 1.807) is 18.4 Å². The molecular formula is C17H21N3. The number of nitrogen functional groups attached to an aromatic ring is 1. The van der Waals surface area contributed by atoms with Crippen molar-refractivity contribution >= 4 is 23.2 Å². The predicted octanol–water partition coefficient (Wildman–Crippen LogP) is 4.36. The molecule has 0 bridgehead atoms. The number of nitrogens with two attached hydrogens (primary N) is 1. The van der Waals surface area contributed by atoms with Crippen molar-refractivity contribution in [1.82, 2.24) is 0 Å². The summed E-state index contributed by atoms with van der Waals surface area (Å²) >= 11 is 0. The lowest BCUT2D eigenvalue weighted by atomic mass is 9.99. The van der Waals surface area contributed by atoms with Gasteiger partial charge in [-0.05, 0) is 37.1 Å². The SMILES string of the molecule is C=C/C=C/Nc1cc(C=N)c(N)cc1C(=C)C/C=C\C. The van der Waals surface area contributed by atoms with Gasteiger partial charge in [0, 0.05) is 34.9 Å². The molecule has 1 aromatic rings. The second-order valence-corrected chi connectivity index (χ2v) is 4.29. The van der Waals surface area contributed by atoms with Crippen molar-refractivity contribution in [3.63, 3.8) is 0 Å². The molecule has 0 atom stereocenters. The third-order valence-electron chi connectivity index (χ3n) is 2.83. The quantitative estimate of drug-likeness (QED) is 0.297. The standard InChI is InChI=1S/C17H21N3/c1-4-6-8-13(3)15-11-16(19)14(12-18)10-17(15)20-9-7-5-2/h4-7,9-12,18,20H,2-3,8,19H2,1H3/b6-4-,9-7+,18-12?. The summed E-state index contributed by atoms with van der Waals surface area (Å²) in [7, 11) is 0. The van der Waals surface area contributed by atoms with Gasteiger partial charge in [-0.25, -0.2) is 0 Å². The van der Waals surface area contributed by atoms with Crippen molar-refractivity contribution in [2.75, 3.05) is 11.1 Å². The van der Waals surface area contributed by atoms with Crippen LogP contribution in [0.25, 0.3) is 5.57 Å². The minimum Gasteiger partial charge on any atom is -0.398 e. The van der Waals surface area contributed by atoms with Gasteiger partial charge in [0.1, 0.15) is 0 Å². The van der Waals surface area contributed by atoms with E-state index in [0.29, 0.717) is 11.3 Å². The van der Waals surface area contributed by atoms with E-state index >= 15 is 0 Å². The van der Waals surface area contributed by atoms with E-state index in [1.165, 1.54) is 6.21 Å². The van der Waals surface area contributed by atoms with E-state index < -0.39 is 0 Å². The number of hydrogen-bond acceptors (Lipinski definition) is 3. The molecule has 1 aromatic carbocycles. The third-order valence-corrected chi connectivity index (χ3v) is 2.83. The molecule has 0 spiro atoms. The summed E-state index contributed by atoms with van der Waals surface area (Å²) in [4.78, 5) is 0. The van der Waals surface area contributed by atoms with Gasteiger partial charge in [-0.15, -0.1) is 0 Å². The van der Waals surface area contributed by atoms with Crippen molar-refractivity contribution in [1.29, 1.82) is 5.41 Å². The molecule has 20 heavy (non-hydrogen) atoms. The summed E-state index contributed by atoms with van der Waals surface area (Å²) in [5.41, 5.74) is 10.0. The molecule has 4 N–H and O–H groups in total. The fraction of sp³-hybridized carbons (Fsp3) is 0.118. The van der Waals surface area contributed by atoms with Crippen LogP contribution in [-0.4, -0.2) is 6.21 Å². The first-order valence-electron chi connectivity index (χ1n) is 6.41. The van der Waals surface area contributed by atoms with Gasteiger partial charge in [0.25, 0.3) is 0 Å². The molecule has 0 amide bonds. The molecule has 0 saturated carbocycles. The van der Waals surface area contributed by atoms with Crippen LogP contribution in [0.15, 0.2) is 55.8 Å². The number of allylic oxidation sites excluding steroid dienone is 5. The lowest BCUT2D eigenvalue weighted by Gasteiger charge is -2.14. The Morgan fingerprint density at radius 3 is 2.80 bits per heavy atom. The number of anilines is 2. The van der Waals surface area contributed by atoms with Crippen molar-refractivity contribution in [3.8, 4) is 0 Å². The highest BCUT2D eigenvalue weighted by Crippen LogP contribution is 2.29. The molecule has 0 unspecified atom stereocenters. The first kappa shape index (κ1) is 15.5. The van der Waals surface area contributed by atoms with Gasteiger partial charge in [0.05, 0.1) is 0 Å². The van der Waals surface area contributed by atoms with Crippen LogP contribution in [0.1, 0.15) is 24.5 Å². The Morgan fingerprint density at radius 1 is 1.45 bits per heavy atom. The average molecular weight is 267 g/mol. The van der Waals surface area contributed by atoms with Gasteiger partial charge in [0.15, 0.2) is 0 Å². The zero-order valence-electron chi connectivity index (χ0n) is 11.8. The zero-order valence-corrected chi connectivity index (χ0v) is 11.8. The van der Waals surface area contributed by atoms with E-state index in [0.717, 1.165) is 23.2 Å². The normalized spacial score (nSPS) is 10.8. The van der Waals surface area contributed by atoms with Crippen molar-refractivity contribution in [2.24, 2.45) is 0 Å². The Morgan fingerprint density at radius 2 is 2.20 bits per heavy atom. The molecule has 0 aromatic heterocycles. The van der Waals surface area contributed by atoms with E-state index in [2.05, 4.69) is 18.5 Å². The number of rotatable bonds is 7. The zero-order chi connectivity index (χ0) is 15.0. The molecule has 3 nitrogen and oxygen atoms in total. The molecule has 0 fully saturated rings. The second-order valence-electron chi connectivity index (χ2n) is 4.29. The number of hydrogen-bond donors (Lipinski definition) is 3. The summed E-state index contributed by atoms with van der Waals surface area (Å²) in [5, 5.41) is 10.6. The summed E-state index contributed by atoms with van der Waals surface area (Å²) in [6, 6.07) is 3.71. The summed E-state index contributed by atoms with van der Waals surface area (Å²) in [5.74, 6) is 0. The molecule has 3 heteroatoms. The van der Waals surface area contributed by atoms with Crippen LogP contribution >= 0.6 is 0 Å². The van der Waals surface area contributed by atoms with Gasteiger partial charge in [-0.1, -0.05) is 31.4 Å². The van der Waals surface area contributed by atoms with Crippen LogP contribution in [0.4, 0.5) is 11.4 Å². The third kappa shape index (κ3) is 3.99. The molecule has 1 rings (SSSR count). The Hall–Kier alpha value is -2.55.